The van der Waals surface area contributed by atoms with Gasteiger partial charge in [0, 0.05) is 6.54 Å². The van der Waals surface area contributed by atoms with E-state index < -0.39 is 11.7 Å². The van der Waals surface area contributed by atoms with Gasteiger partial charge in [-0.05, 0) is 50.0 Å². The van der Waals surface area contributed by atoms with Crippen molar-refractivity contribution in [2.45, 2.75) is 59.7 Å². The molecule has 0 aliphatic heterocycles. The van der Waals surface area contributed by atoms with Crippen LogP contribution in [0.3, 0.4) is 0 Å². The first-order valence-electron chi connectivity index (χ1n) is 10.7. The highest BCUT2D eigenvalue weighted by Gasteiger charge is 2.55. The van der Waals surface area contributed by atoms with E-state index in [9.17, 15) is 14.4 Å². The average molecular weight is 434 g/mol. The molecule has 31 heavy (non-hydrogen) atoms. The van der Waals surface area contributed by atoms with Crippen LogP contribution in [0, 0.1) is 23.2 Å². The molecule has 0 spiro atoms. The Morgan fingerprint density at radius 3 is 2.35 bits per heavy atom. The predicted molar refractivity (Wildman–Crippen MR) is 116 cm³/mol. The van der Waals surface area contributed by atoms with E-state index >= 15 is 0 Å². The highest BCUT2D eigenvalue weighted by atomic mass is 16.6. The Kier molecular flexibility index (Phi) is 8.09. The van der Waals surface area contributed by atoms with Crippen LogP contribution in [-0.2, 0) is 30.4 Å². The molecule has 1 aliphatic rings. The van der Waals surface area contributed by atoms with E-state index in [1.54, 1.807) is 0 Å². The molecule has 7 nitrogen and oxygen atoms in total. The first-order chi connectivity index (χ1) is 14.4. The Morgan fingerprint density at radius 1 is 1.16 bits per heavy atom. The molecule has 7 heteroatoms. The molecule has 1 N–H and O–H groups in total. The van der Waals surface area contributed by atoms with Crippen molar-refractivity contribution in [2.75, 3.05) is 13.7 Å². The largest absolute Gasteiger partial charge is 0.469 e. The first kappa shape index (κ1) is 24.7. The highest BCUT2D eigenvalue weighted by molar-refractivity contribution is 5.75. The van der Waals surface area contributed by atoms with Crippen molar-refractivity contribution in [1.82, 2.24) is 5.32 Å². The van der Waals surface area contributed by atoms with Crippen molar-refractivity contribution in [2.24, 2.45) is 23.2 Å². The lowest BCUT2D eigenvalue weighted by Gasteiger charge is -2.53. The second kappa shape index (κ2) is 10.2. The van der Waals surface area contributed by atoms with Crippen molar-refractivity contribution in [3.63, 3.8) is 0 Å². The molecule has 0 heterocycles. The minimum absolute atomic E-state index is 0.0542. The topological polar surface area (TPSA) is 90.9 Å². The zero-order valence-corrected chi connectivity index (χ0v) is 19.4. The maximum Gasteiger partial charge on any atom is 0.407 e. The zero-order chi connectivity index (χ0) is 23.2. The van der Waals surface area contributed by atoms with Gasteiger partial charge in [0.1, 0.15) is 12.2 Å². The van der Waals surface area contributed by atoms with Gasteiger partial charge in [-0.3, -0.25) is 9.59 Å². The fourth-order valence-electron chi connectivity index (χ4n) is 4.24. The minimum Gasteiger partial charge on any atom is -0.469 e. The van der Waals surface area contributed by atoms with Crippen LogP contribution >= 0.6 is 0 Å². The molecule has 172 valence electrons. The van der Waals surface area contributed by atoms with Gasteiger partial charge in [0.05, 0.1) is 19.4 Å². The summed E-state index contributed by atoms with van der Waals surface area (Å²) in [5, 5.41) is 2.78. The van der Waals surface area contributed by atoms with Crippen LogP contribution in [0.25, 0.3) is 0 Å². The van der Waals surface area contributed by atoms with E-state index in [0.29, 0.717) is 6.42 Å². The van der Waals surface area contributed by atoms with Gasteiger partial charge in [0.15, 0.2) is 0 Å². The van der Waals surface area contributed by atoms with E-state index in [-0.39, 0.29) is 54.7 Å². The molecule has 1 fully saturated rings. The lowest BCUT2D eigenvalue weighted by molar-refractivity contribution is -0.169. The van der Waals surface area contributed by atoms with E-state index in [0.717, 1.165) is 5.56 Å². The molecule has 1 amide bonds. The molecule has 0 bridgehead atoms. The number of rotatable bonds is 8. The standard InChI is InChI=1S/C24H35NO6/c1-23(2,3)31-20(26)12-17(18-13-19(21(27)29-6)24(18,4)5)14-25-22(28)30-15-16-10-8-7-9-11-16/h7-11,17-19H,12-15H2,1-6H3,(H,25,28)/t17-,18-,19+/m1/s1. The number of benzene rings is 1. The lowest BCUT2D eigenvalue weighted by atomic mass is 9.50. The molecular formula is C24H35NO6. The quantitative estimate of drug-likeness (QED) is 0.490. The van der Waals surface area contributed by atoms with Crippen molar-refractivity contribution in [3.05, 3.63) is 35.9 Å². The summed E-state index contributed by atoms with van der Waals surface area (Å²) in [4.78, 5) is 36.8. The SMILES string of the molecule is COC(=O)[C@@H]1C[C@H]([C@@H](CNC(=O)OCc2ccccc2)CC(=O)OC(C)(C)C)C1(C)C. The van der Waals surface area contributed by atoms with Crippen LogP contribution in [0.1, 0.15) is 53.0 Å². The van der Waals surface area contributed by atoms with Crippen LogP contribution in [0.2, 0.25) is 0 Å². The Labute approximate surface area is 184 Å². The van der Waals surface area contributed by atoms with Gasteiger partial charge in [-0.15, -0.1) is 0 Å². The fraction of sp³-hybridized carbons (Fsp3) is 0.625. The van der Waals surface area contributed by atoms with Gasteiger partial charge in [0.2, 0.25) is 0 Å². The van der Waals surface area contributed by atoms with Crippen molar-refractivity contribution in [3.8, 4) is 0 Å². The second-order valence-corrected chi connectivity index (χ2v) is 9.73. The second-order valence-electron chi connectivity index (χ2n) is 9.73. The maximum atomic E-state index is 12.5. The number of alkyl carbamates (subject to hydrolysis) is 1. The maximum absolute atomic E-state index is 12.5. The predicted octanol–water partition coefficient (Wildman–Crippen LogP) is 4.10. The molecule has 0 radical (unpaired) electrons. The smallest absolute Gasteiger partial charge is 0.407 e. The Bertz CT molecular complexity index is 768. The van der Waals surface area contributed by atoms with E-state index in [4.69, 9.17) is 14.2 Å². The van der Waals surface area contributed by atoms with Crippen LogP contribution in [0.15, 0.2) is 30.3 Å². The number of nitrogens with one attached hydrogen (secondary N) is 1. The number of hydrogen-bond acceptors (Lipinski definition) is 6. The summed E-state index contributed by atoms with van der Waals surface area (Å²) in [5.74, 6) is -0.927. The van der Waals surface area contributed by atoms with E-state index in [2.05, 4.69) is 5.32 Å². The van der Waals surface area contributed by atoms with Crippen LogP contribution < -0.4 is 5.32 Å². The van der Waals surface area contributed by atoms with Gasteiger partial charge in [-0.25, -0.2) is 4.79 Å². The van der Waals surface area contributed by atoms with Gasteiger partial charge in [-0.2, -0.15) is 0 Å². The molecule has 0 aromatic heterocycles. The molecule has 1 aromatic rings. The summed E-state index contributed by atoms with van der Waals surface area (Å²) in [6.45, 7) is 9.88. The number of carbonyl (C=O) groups is 3. The van der Waals surface area contributed by atoms with Crippen molar-refractivity contribution >= 4 is 18.0 Å². The summed E-state index contributed by atoms with van der Waals surface area (Å²) >= 11 is 0. The van der Waals surface area contributed by atoms with Gasteiger partial charge in [-0.1, -0.05) is 44.2 Å². The highest BCUT2D eigenvalue weighted by Crippen LogP contribution is 2.55. The molecule has 1 aromatic carbocycles. The number of hydrogen-bond donors (Lipinski definition) is 1. The van der Waals surface area contributed by atoms with E-state index in [1.807, 2.05) is 65.0 Å². The Morgan fingerprint density at radius 2 is 1.81 bits per heavy atom. The summed E-state index contributed by atoms with van der Waals surface area (Å²) < 4.78 is 15.7. The third kappa shape index (κ3) is 6.97. The van der Waals surface area contributed by atoms with Crippen LogP contribution in [0.4, 0.5) is 4.79 Å². The zero-order valence-electron chi connectivity index (χ0n) is 19.4. The average Bonchev–Trinajstić information content (AvgIpc) is 2.68. The summed E-state index contributed by atoms with van der Waals surface area (Å²) in [5.41, 5.74) is -0.0491. The number of carbonyl (C=O) groups excluding carboxylic acids is 3. The van der Waals surface area contributed by atoms with Gasteiger partial charge < -0.3 is 19.5 Å². The lowest BCUT2D eigenvalue weighted by Crippen LogP contribution is -2.54. The third-order valence-corrected chi connectivity index (χ3v) is 5.97. The third-order valence-electron chi connectivity index (χ3n) is 5.97. The minimum atomic E-state index is -0.590. The molecule has 0 saturated heterocycles. The molecular weight excluding hydrogens is 398 g/mol. The van der Waals surface area contributed by atoms with Crippen molar-refractivity contribution in [1.29, 1.82) is 0 Å². The molecule has 1 aliphatic carbocycles. The summed E-state index contributed by atoms with van der Waals surface area (Å²) in [6, 6.07) is 9.41. The number of methoxy groups -OCH3 is 1. The van der Waals surface area contributed by atoms with Crippen molar-refractivity contribution < 1.29 is 28.6 Å². The Balaban J connectivity index is 2.00. The molecule has 2 rings (SSSR count). The monoisotopic (exact) mass is 433 g/mol. The fourth-order valence-corrected chi connectivity index (χ4v) is 4.24. The molecule has 1 saturated carbocycles. The van der Waals surface area contributed by atoms with Crippen LogP contribution in [-0.4, -0.2) is 37.3 Å². The van der Waals surface area contributed by atoms with Crippen LogP contribution in [0.5, 0.6) is 0 Å². The molecule has 3 atom stereocenters. The summed E-state index contributed by atoms with van der Waals surface area (Å²) in [7, 11) is 1.38. The first-order valence-corrected chi connectivity index (χ1v) is 10.7. The Hall–Kier alpha value is -2.57. The molecule has 0 unspecified atom stereocenters. The number of ether oxygens (including phenoxy) is 3. The van der Waals surface area contributed by atoms with E-state index in [1.165, 1.54) is 7.11 Å². The normalized spacial score (nSPS) is 20.7. The number of esters is 2. The van der Waals surface area contributed by atoms with Gasteiger partial charge in [0.25, 0.3) is 0 Å². The summed E-state index contributed by atoms with van der Waals surface area (Å²) in [6.07, 6.45) is 0.214. The number of amides is 1. The van der Waals surface area contributed by atoms with Gasteiger partial charge >= 0.3 is 18.0 Å².